The summed E-state index contributed by atoms with van der Waals surface area (Å²) < 4.78 is 0. The highest BCUT2D eigenvalue weighted by Crippen LogP contribution is 2.25. The Morgan fingerprint density at radius 2 is 1.54 bits per heavy atom. The highest BCUT2D eigenvalue weighted by Gasteiger charge is 2.35. The second-order valence-electron chi connectivity index (χ2n) is 6.49. The van der Waals surface area contributed by atoms with Gasteiger partial charge in [-0.15, -0.1) is 0 Å². The molecule has 28 heavy (non-hydrogen) atoms. The van der Waals surface area contributed by atoms with Crippen molar-refractivity contribution in [2.45, 2.75) is 19.8 Å². The van der Waals surface area contributed by atoms with Gasteiger partial charge in [0.05, 0.1) is 11.1 Å². The predicted octanol–water partition coefficient (Wildman–Crippen LogP) is 2.69. The number of imide groups is 1. The van der Waals surface area contributed by atoms with Gasteiger partial charge in [-0.05, 0) is 48.9 Å². The quantitative estimate of drug-likeness (QED) is 0.755. The Balaban J connectivity index is 1.76. The molecule has 1 heterocycles. The lowest BCUT2D eigenvalue weighted by atomic mass is 10.1. The fourth-order valence-corrected chi connectivity index (χ4v) is 3.00. The topological polar surface area (TPSA) is 95.6 Å². The van der Waals surface area contributed by atoms with Crippen LogP contribution in [0, 0.1) is 0 Å². The fraction of sp³-hybridized carbons (Fsp3) is 0.238. The molecule has 0 saturated heterocycles. The molecular weight excluding hydrogens is 358 g/mol. The Morgan fingerprint density at radius 1 is 0.893 bits per heavy atom. The largest absolute Gasteiger partial charge is 0.355 e. The minimum Gasteiger partial charge on any atom is -0.355 e. The molecular formula is C21H21N3O4. The van der Waals surface area contributed by atoms with Gasteiger partial charge in [0.1, 0.15) is 0 Å². The van der Waals surface area contributed by atoms with Gasteiger partial charge in [-0.1, -0.05) is 13.3 Å². The van der Waals surface area contributed by atoms with Crippen molar-refractivity contribution in [3.05, 3.63) is 64.7 Å². The van der Waals surface area contributed by atoms with Crippen LogP contribution in [-0.2, 0) is 0 Å². The molecule has 0 spiro atoms. The summed E-state index contributed by atoms with van der Waals surface area (Å²) in [6, 6.07) is 11.0. The van der Waals surface area contributed by atoms with Crippen molar-refractivity contribution >= 4 is 29.3 Å². The lowest BCUT2D eigenvalue weighted by molar-refractivity contribution is 0.0651. The molecule has 144 valence electrons. The van der Waals surface area contributed by atoms with E-state index in [0.29, 0.717) is 23.4 Å². The molecule has 0 bridgehead atoms. The lowest BCUT2D eigenvalue weighted by Crippen LogP contribution is -2.30. The highest BCUT2D eigenvalue weighted by atomic mass is 16.2. The predicted molar refractivity (Wildman–Crippen MR) is 105 cm³/mol. The molecule has 0 fully saturated rings. The van der Waals surface area contributed by atoms with Crippen LogP contribution in [-0.4, -0.2) is 42.1 Å². The second-order valence-corrected chi connectivity index (χ2v) is 6.49. The summed E-state index contributed by atoms with van der Waals surface area (Å²) in [5, 5.41) is 5.25. The number of unbranched alkanes of at least 4 members (excludes halogenated alkanes) is 1. The molecule has 2 N–H and O–H groups in total. The molecule has 2 aromatic carbocycles. The van der Waals surface area contributed by atoms with Gasteiger partial charge in [0.25, 0.3) is 23.6 Å². The van der Waals surface area contributed by atoms with E-state index in [1.807, 2.05) is 6.92 Å². The molecule has 0 aromatic heterocycles. The van der Waals surface area contributed by atoms with E-state index in [1.54, 1.807) is 31.3 Å². The van der Waals surface area contributed by atoms with Crippen molar-refractivity contribution in [1.29, 1.82) is 0 Å². The Hall–Kier alpha value is -3.48. The fourth-order valence-electron chi connectivity index (χ4n) is 3.00. The van der Waals surface area contributed by atoms with Crippen molar-refractivity contribution < 1.29 is 19.2 Å². The van der Waals surface area contributed by atoms with Crippen LogP contribution < -0.4 is 10.6 Å². The van der Waals surface area contributed by atoms with Crippen LogP contribution in [0.2, 0.25) is 0 Å². The van der Waals surface area contributed by atoms with E-state index in [0.717, 1.165) is 12.8 Å². The number of nitrogens with one attached hydrogen (secondary N) is 2. The zero-order chi connectivity index (χ0) is 20.3. The Kier molecular flexibility index (Phi) is 5.54. The summed E-state index contributed by atoms with van der Waals surface area (Å²) in [5.41, 5.74) is 1.86. The summed E-state index contributed by atoms with van der Waals surface area (Å²) in [5.74, 6) is -1.29. The zero-order valence-corrected chi connectivity index (χ0v) is 15.7. The van der Waals surface area contributed by atoms with Crippen LogP contribution in [0.3, 0.4) is 0 Å². The van der Waals surface area contributed by atoms with Crippen LogP contribution in [0.4, 0.5) is 5.69 Å². The SMILES string of the molecule is CCCCN1C(=O)c2ccc(C(=O)Nc3ccc(C(=O)NC)cc3)cc2C1=O. The van der Waals surface area contributed by atoms with Crippen molar-refractivity contribution in [3.8, 4) is 0 Å². The zero-order valence-electron chi connectivity index (χ0n) is 15.7. The van der Waals surface area contributed by atoms with Gasteiger partial charge in [0.2, 0.25) is 0 Å². The van der Waals surface area contributed by atoms with Gasteiger partial charge < -0.3 is 10.6 Å². The lowest BCUT2D eigenvalue weighted by Gasteiger charge is -2.12. The van der Waals surface area contributed by atoms with E-state index >= 15 is 0 Å². The van der Waals surface area contributed by atoms with Crippen LogP contribution in [0.5, 0.6) is 0 Å². The normalized spacial score (nSPS) is 12.7. The Bertz CT molecular complexity index is 951. The van der Waals surface area contributed by atoms with E-state index in [9.17, 15) is 19.2 Å². The number of amides is 4. The van der Waals surface area contributed by atoms with E-state index in [4.69, 9.17) is 0 Å². The number of anilines is 1. The maximum atomic E-state index is 12.5. The van der Waals surface area contributed by atoms with Gasteiger partial charge in [0.15, 0.2) is 0 Å². The molecule has 0 radical (unpaired) electrons. The highest BCUT2D eigenvalue weighted by molar-refractivity contribution is 6.22. The number of carbonyl (C=O) groups is 4. The third kappa shape index (κ3) is 3.64. The molecule has 3 rings (SSSR count). The van der Waals surface area contributed by atoms with Crippen molar-refractivity contribution in [2.75, 3.05) is 18.9 Å². The van der Waals surface area contributed by atoms with E-state index < -0.39 is 5.91 Å². The average molecular weight is 379 g/mol. The number of hydrogen-bond acceptors (Lipinski definition) is 4. The summed E-state index contributed by atoms with van der Waals surface area (Å²) in [6.45, 7) is 2.36. The molecule has 0 saturated carbocycles. The number of carbonyl (C=O) groups excluding carboxylic acids is 4. The maximum absolute atomic E-state index is 12.5. The summed E-state index contributed by atoms with van der Waals surface area (Å²) in [6.07, 6.45) is 1.62. The third-order valence-electron chi connectivity index (χ3n) is 4.60. The first-order chi connectivity index (χ1) is 13.5. The monoisotopic (exact) mass is 379 g/mol. The van der Waals surface area contributed by atoms with Crippen molar-refractivity contribution in [3.63, 3.8) is 0 Å². The van der Waals surface area contributed by atoms with Crippen molar-refractivity contribution in [2.24, 2.45) is 0 Å². The summed E-state index contributed by atoms with van der Waals surface area (Å²) >= 11 is 0. The molecule has 1 aliphatic rings. The number of hydrogen-bond donors (Lipinski definition) is 2. The molecule has 4 amide bonds. The van der Waals surface area contributed by atoms with Crippen LogP contribution in [0.1, 0.15) is 61.2 Å². The minimum atomic E-state index is -0.400. The first-order valence-corrected chi connectivity index (χ1v) is 9.10. The van der Waals surface area contributed by atoms with Crippen LogP contribution >= 0.6 is 0 Å². The molecule has 7 nitrogen and oxygen atoms in total. The molecule has 2 aromatic rings. The molecule has 0 aliphatic carbocycles. The first kappa shape index (κ1) is 19.3. The molecule has 0 atom stereocenters. The standard InChI is InChI=1S/C21H21N3O4/c1-3-4-11-24-20(27)16-10-7-14(12-17(16)21(24)28)19(26)23-15-8-5-13(6-9-15)18(25)22-2/h5-10,12H,3-4,11H2,1-2H3,(H,22,25)(H,23,26). The number of fused-ring (bicyclic) bond motifs is 1. The van der Waals surface area contributed by atoms with Gasteiger partial charge in [-0.25, -0.2) is 0 Å². The van der Waals surface area contributed by atoms with E-state index in [2.05, 4.69) is 10.6 Å². The van der Waals surface area contributed by atoms with Gasteiger partial charge in [-0.3, -0.25) is 24.1 Å². The Labute approximate surface area is 162 Å². The minimum absolute atomic E-state index is 0.215. The van der Waals surface area contributed by atoms with E-state index in [-0.39, 0.29) is 28.8 Å². The van der Waals surface area contributed by atoms with Gasteiger partial charge in [-0.2, -0.15) is 0 Å². The van der Waals surface area contributed by atoms with Gasteiger partial charge in [0, 0.05) is 30.4 Å². The van der Waals surface area contributed by atoms with E-state index in [1.165, 1.54) is 23.1 Å². The summed E-state index contributed by atoms with van der Waals surface area (Å²) in [4.78, 5) is 50.2. The summed E-state index contributed by atoms with van der Waals surface area (Å²) in [7, 11) is 1.54. The Morgan fingerprint density at radius 3 is 2.18 bits per heavy atom. The smallest absolute Gasteiger partial charge is 0.261 e. The third-order valence-corrected chi connectivity index (χ3v) is 4.60. The second kappa shape index (κ2) is 8.04. The maximum Gasteiger partial charge on any atom is 0.261 e. The van der Waals surface area contributed by atoms with Gasteiger partial charge >= 0.3 is 0 Å². The first-order valence-electron chi connectivity index (χ1n) is 9.10. The molecule has 1 aliphatic heterocycles. The molecule has 7 heteroatoms. The van der Waals surface area contributed by atoms with Crippen LogP contribution in [0.15, 0.2) is 42.5 Å². The van der Waals surface area contributed by atoms with Crippen LogP contribution in [0.25, 0.3) is 0 Å². The van der Waals surface area contributed by atoms with Crippen molar-refractivity contribution in [1.82, 2.24) is 10.2 Å². The number of rotatable bonds is 6. The molecule has 0 unspecified atom stereocenters. The average Bonchev–Trinajstić information content (AvgIpc) is 2.96. The number of benzene rings is 2. The number of nitrogens with zero attached hydrogens (tertiary/aromatic N) is 1.